The normalized spacial score (nSPS) is 15.4. The minimum absolute atomic E-state index is 0.160. The lowest BCUT2D eigenvalue weighted by Gasteiger charge is -2.23. The lowest BCUT2D eigenvalue weighted by molar-refractivity contribution is -0.116. The van der Waals surface area contributed by atoms with Gasteiger partial charge >= 0.3 is 0 Å². The number of fused-ring (bicyclic) bond motifs is 1. The van der Waals surface area contributed by atoms with Gasteiger partial charge in [-0.15, -0.1) is 0 Å². The lowest BCUT2D eigenvalue weighted by Crippen LogP contribution is -2.30. The molecule has 0 aliphatic heterocycles. The number of nitrogens with zero attached hydrogens (tertiary/aromatic N) is 2. The summed E-state index contributed by atoms with van der Waals surface area (Å²) in [5.41, 5.74) is 3.09. The van der Waals surface area contributed by atoms with Gasteiger partial charge in [-0.3, -0.25) is 4.79 Å². The largest absolute Gasteiger partial charge is 0.338 e. The fourth-order valence-corrected chi connectivity index (χ4v) is 3.38. The van der Waals surface area contributed by atoms with Gasteiger partial charge in [-0.2, -0.15) is 5.10 Å². The number of nitrogens with one attached hydrogen (secondary N) is 1. The van der Waals surface area contributed by atoms with Crippen LogP contribution in [0.25, 0.3) is 5.69 Å². The van der Waals surface area contributed by atoms with Gasteiger partial charge in [0, 0.05) is 22.7 Å². The molecule has 0 spiro atoms. The summed E-state index contributed by atoms with van der Waals surface area (Å²) in [7, 11) is 0. The van der Waals surface area contributed by atoms with E-state index in [1.54, 1.807) is 29.1 Å². The van der Waals surface area contributed by atoms with Crippen LogP contribution in [0.5, 0.6) is 0 Å². The molecule has 4 rings (SSSR count). The highest BCUT2D eigenvalue weighted by molar-refractivity contribution is 5.94. The number of amides is 1. The average molecular weight is 359 g/mol. The third-order valence-corrected chi connectivity index (χ3v) is 4.66. The van der Waals surface area contributed by atoms with E-state index >= 15 is 0 Å². The van der Waals surface area contributed by atoms with Gasteiger partial charge in [-0.25, -0.2) is 9.07 Å². The van der Waals surface area contributed by atoms with Crippen molar-refractivity contribution >= 4 is 5.91 Å². The van der Waals surface area contributed by atoms with E-state index in [-0.39, 0.29) is 17.8 Å². The van der Waals surface area contributed by atoms with Gasteiger partial charge in [-0.05, 0) is 43.5 Å². The van der Waals surface area contributed by atoms with Crippen LogP contribution in [0, 0.1) is 17.7 Å². The Balaban J connectivity index is 1.55. The molecule has 4 nitrogen and oxygen atoms in total. The zero-order valence-corrected chi connectivity index (χ0v) is 14.7. The highest BCUT2D eigenvalue weighted by Gasteiger charge is 2.26. The first kappa shape index (κ1) is 17.0. The molecule has 1 heterocycles. The summed E-state index contributed by atoms with van der Waals surface area (Å²) in [6, 6.07) is 15.8. The molecule has 0 saturated heterocycles. The monoisotopic (exact) mass is 359 g/mol. The van der Waals surface area contributed by atoms with Crippen molar-refractivity contribution in [3.8, 4) is 17.5 Å². The topological polar surface area (TPSA) is 46.9 Å². The predicted molar refractivity (Wildman–Crippen MR) is 101 cm³/mol. The SMILES string of the molecule is O=C(C#Cc1ccccc1)NC1CCCc2c1cnn2-c1ccccc1F. The smallest absolute Gasteiger partial charge is 0.296 e. The molecule has 0 saturated carbocycles. The van der Waals surface area contributed by atoms with Gasteiger partial charge in [0.15, 0.2) is 0 Å². The molecular formula is C22H18FN3O. The maximum atomic E-state index is 14.1. The molecule has 27 heavy (non-hydrogen) atoms. The Hall–Kier alpha value is -3.39. The van der Waals surface area contributed by atoms with Crippen molar-refractivity contribution in [2.45, 2.75) is 25.3 Å². The van der Waals surface area contributed by atoms with E-state index in [2.05, 4.69) is 22.3 Å². The molecular weight excluding hydrogens is 341 g/mol. The number of benzene rings is 2. The summed E-state index contributed by atoms with van der Waals surface area (Å²) in [4.78, 5) is 12.3. The summed E-state index contributed by atoms with van der Waals surface area (Å²) in [6.07, 6.45) is 4.22. The van der Waals surface area contributed by atoms with E-state index in [1.807, 2.05) is 30.3 Å². The maximum Gasteiger partial charge on any atom is 0.296 e. The van der Waals surface area contributed by atoms with Crippen LogP contribution in [0.2, 0.25) is 0 Å². The minimum Gasteiger partial charge on any atom is -0.338 e. The first-order chi connectivity index (χ1) is 13.2. The van der Waals surface area contributed by atoms with Crippen molar-refractivity contribution in [3.05, 3.63) is 83.4 Å². The summed E-state index contributed by atoms with van der Waals surface area (Å²) < 4.78 is 15.8. The first-order valence-corrected chi connectivity index (χ1v) is 8.91. The molecule has 1 aliphatic carbocycles. The van der Waals surface area contributed by atoms with Crippen molar-refractivity contribution < 1.29 is 9.18 Å². The number of carbonyl (C=O) groups is 1. The number of hydrogen-bond acceptors (Lipinski definition) is 2. The Morgan fingerprint density at radius 3 is 2.74 bits per heavy atom. The molecule has 0 radical (unpaired) electrons. The lowest BCUT2D eigenvalue weighted by atomic mass is 9.93. The summed E-state index contributed by atoms with van der Waals surface area (Å²) in [5.74, 6) is 4.86. The van der Waals surface area contributed by atoms with Gasteiger partial charge in [0.1, 0.15) is 11.5 Å². The van der Waals surface area contributed by atoms with Crippen molar-refractivity contribution in [2.24, 2.45) is 0 Å². The quantitative estimate of drug-likeness (QED) is 0.711. The number of rotatable bonds is 2. The van der Waals surface area contributed by atoms with Gasteiger partial charge in [-0.1, -0.05) is 36.3 Å². The second kappa shape index (κ2) is 7.46. The Morgan fingerprint density at radius 1 is 1.15 bits per heavy atom. The third-order valence-electron chi connectivity index (χ3n) is 4.66. The van der Waals surface area contributed by atoms with Crippen molar-refractivity contribution in [1.82, 2.24) is 15.1 Å². The van der Waals surface area contributed by atoms with E-state index in [4.69, 9.17) is 0 Å². The Kier molecular flexibility index (Phi) is 4.71. The van der Waals surface area contributed by atoms with Gasteiger partial charge in [0.2, 0.25) is 0 Å². The molecule has 2 aromatic carbocycles. The summed E-state index contributed by atoms with van der Waals surface area (Å²) in [6.45, 7) is 0. The Bertz CT molecular complexity index is 1030. The van der Waals surface area contributed by atoms with Gasteiger partial charge < -0.3 is 5.32 Å². The molecule has 1 atom stereocenters. The molecule has 134 valence electrons. The zero-order chi connectivity index (χ0) is 18.6. The standard InChI is InChI=1S/C22H18FN3O/c23-18-9-4-5-11-21(18)26-20-12-6-10-19(17(20)15-24-26)25-22(27)14-13-16-7-2-1-3-8-16/h1-5,7-9,11,15,19H,6,10,12H2,(H,25,27). The minimum atomic E-state index is -0.324. The van der Waals surface area contributed by atoms with Crippen LogP contribution < -0.4 is 5.32 Å². The molecule has 1 amide bonds. The molecule has 3 aromatic rings. The van der Waals surface area contributed by atoms with E-state index < -0.39 is 0 Å². The number of carbonyl (C=O) groups excluding carboxylic acids is 1. The van der Waals surface area contributed by atoms with Crippen LogP contribution in [-0.4, -0.2) is 15.7 Å². The molecule has 0 fully saturated rings. The first-order valence-electron chi connectivity index (χ1n) is 8.91. The van der Waals surface area contributed by atoms with Gasteiger partial charge in [0.25, 0.3) is 5.91 Å². The average Bonchev–Trinajstić information content (AvgIpc) is 3.13. The fraction of sp³-hybridized carbons (Fsp3) is 0.182. The second-order valence-electron chi connectivity index (χ2n) is 6.44. The second-order valence-corrected chi connectivity index (χ2v) is 6.44. The van der Waals surface area contributed by atoms with E-state index in [0.717, 1.165) is 36.1 Å². The van der Waals surface area contributed by atoms with E-state index in [9.17, 15) is 9.18 Å². The number of aromatic nitrogens is 2. The van der Waals surface area contributed by atoms with Crippen molar-refractivity contribution in [2.75, 3.05) is 0 Å². The Morgan fingerprint density at radius 2 is 1.93 bits per heavy atom. The van der Waals surface area contributed by atoms with Crippen LogP contribution >= 0.6 is 0 Å². The molecule has 1 aliphatic rings. The van der Waals surface area contributed by atoms with Crippen molar-refractivity contribution in [1.29, 1.82) is 0 Å². The maximum absolute atomic E-state index is 14.1. The fourth-order valence-electron chi connectivity index (χ4n) is 3.38. The molecule has 5 heteroatoms. The van der Waals surface area contributed by atoms with E-state index in [1.165, 1.54) is 6.07 Å². The van der Waals surface area contributed by atoms with Crippen LogP contribution in [-0.2, 0) is 11.2 Å². The van der Waals surface area contributed by atoms with Gasteiger partial charge in [0.05, 0.1) is 12.2 Å². The summed E-state index contributed by atoms with van der Waals surface area (Å²) >= 11 is 0. The van der Waals surface area contributed by atoms with Crippen molar-refractivity contribution in [3.63, 3.8) is 0 Å². The number of halogens is 1. The zero-order valence-electron chi connectivity index (χ0n) is 14.7. The Labute approximate surface area is 157 Å². The van der Waals surface area contributed by atoms with E-state index in [0.29, 0.717) is 5.69 Å². The van der Waals surface area contributed by atoms with Crippen LogP contribution in [0.1, 0.15) is 35.7 Å². The summed E-state index contributed by atoms with van der Waals surface area (Å²) in [5, 5.41) is 7.33. The molecule has 1 unspecified atom stereocenters. The predicted octanol–water partition coefficient (Wildman–Crippen LogP) is 3.56. The van der Waals surface area contributed by atoms with Crippen LogP contribution in [0.15, 0.2) is 60.8 Å². The highest BCUT2D eigenvalue weighted by atomic mass is 19.1. The van der Waals surface area contributed by atoms with Crippen LogP contribution in [0.3, 0.4) is 0 Å². The highest BCUT2D eigenvalue weighted by Crippen LogP contribution is 2.31. The number of para-hydroxylation sites is 1. The molecule has 1 aromatic heterocycles. The van der Waals surface area contributed by atoms with Crippen LogP contribution in [0.4, 0.5) is 4.39 Å². The third kappa shape index (κ3) is 3.61. The molecule has 1 N–H and O–H groups in total. The molecule has 0 bridgehead atoms. The number of hydrogen-bond donors (Lipinski definition) is 1.